The summed E-state index contributed by atoms with van der Waals surface area (Å²) in [6, 6.07) is 14.1. The van der Waals surface area contributed by atoms with E-state index < -0.39 is 17.6 Å². The molecular weight excluding hydrogens is 550 g/mol. The smallest absolute Gasteiger partial charge is 0.292 e. The van der Waals surface area contributed by atoms with E-state index in [1.807, 2.05) is 78.0 Å². The fourth-order valence-corrected chi connectivity index (χ4v) is 6.80. The second-order valence-electron chi connectivity index (χ2n) is 13.8. The van der Waals surface area contributed by atoms with Gasteiger partial charge in [0.05, 0.1) is 0 Å². The van der Waals surface area contributed by atoms with Gasteiger partial charge >= 0.3 is 5.92 Å². The Morgan fingerprint density at radius 3 is 2.00 bits per heavy atom. The fraction of sp³-hybridized carbons (Fsp3) is 0.500. The predicted octanol–water partition coefficient (Wildman–Crippen LogP) is 11.6. The van der Waals surface area contributed by atoms with Crippen LogP contribution in [0.15, 0.2) is 77.9 Å². The zero-order chi connectivity index (χ0) is 32.7. The number of alkyl halides is 2. The van der Waals surface area contributed by atoms with Gasteiger partial charge in [0.25, 0.3) is 0 Å². The third-order valence-corrected chi connectivity index (χ3v) is 9.16. The van der Waals surface area contributed by atoms with Gasteiger partial charge in [0.15, 0.2) is 5.78 Å². The molecule has 4 heteroatoms. The molecule has 2 aromatic rings. The van der Waals surface area contributed by atoms with E-state index >= 15 is 0 Å². The SMILES string of the molecule is CC=CC(=CC)CC/C(=C\C)C(=O)c1ccc(C2CCC(c3ccccc3C)CC2)c(C(CC(C)(C)C)C(=O)C(C)(F)F)c1. The number of benzene rings is 2. The summed E-state index contributed by atoms with van der Waals surface area (Å²) in [7, 11) is 0. The van der Waals surface area contributed by atoms with Crippen LogP contribution in [0.25, 0.3) is 0 Å². The minimum Gasteiger partial charge on any atom is -0.292 e. The van der Waals surface area contributed by atoms with Gasteiger partial charge in [-0.15, -0.1) is 0 Å². The van der Waals surface area contributed by atoms with E-state index in [0.717, 1.165) is 43.2 Å². The first-order chi connectivity index (χ1) is 20.7. The molecule has 2 nitrogen and oxygen atoms in total. The third kappa shape index (κ3) is 9.19. The highest BCUT2D eigenvalue weighted by Crippen LogP contribution is 2.46. The van der Waals surface area contributed by atoms with Gasteiger partial charge in [0.1, 0.15) is 0 Å². The number of hydrogen-bond donors (Lipinski definition) is 0. The molecule has 1 saturated carbocycles. The minimum absolute atomic E-state index is 0.107. The molecule has 44 heavy (non-hydrogen) atoms. The molecule has 0 aliphatic heterocycles. The maximum absolute atomic E-state index is 14.8. The summed E-state index contributed by atoms with van der Waals surface area (Å²) in [6.07, 6.45) is 13.3. The molecule has 3 rings (SSSR count). The molecule has 0 heterocycles. The lowest BCUT2D eigenvalue weighted by molar-refractivity contribution is -0.143. The monoisotopic (exact) mass is 602 g/mol. The molecule has 1 aliphatic rings. The number of halogens is 2. The molecule has 1 fully saturated rings. The summed E-state index contributed by atoms with van der Waals surface area (Å²) in [5.74, 6) is -5.03. The maximum Gasteiger partial charge on any atom is 0.303 e. The lowest BCUT2D eigenvalue weighted by Gasteiger charge is -2.34. The molecule has 238 valence electrons. The molecule has 0 amide bonds. The minimum atomic E-state index is -3.47. The van der Waals surface area contributed by atoms with Crippen molar-refractivity contribution in [3.63, 3.8) is 0 Å². The van der Waals surface area contributed by atoms with Crippen LogP contribution in [0, 0.1) is 12.3 Å². The van der Waals surface area contributed by atoms with Gasteiger partial charge in [-0.05, 0) is 124 Å². The Hall–Kier alpha value is -3.14. The van der Waals surface area contributed by atoms with Gasteiger partial charge in [-0.25, -0.2) is 0 Å². The van der Waals surface area contributed by atoms with Gasteiger partial charge in [-0.2, -0.15) is 8.78 Å². The Morgan fingerprint density at radius 2 is 1.48 bits per heavy atom. The Morgan fingerprint density at radius 1 is 0.864 bits per heavy atom. The van der Waals surface area contributed by atoms with E-state index in [1.54, 1.807) is 6.07 Å². The van der Waals surface area contributed by atoms with Crippen molar-refractivity contribution >= 4 is 11.6 Å². The van der Waals surface area contributed by atoms with Crippen LogP contribution in [0.5, 0.6) is 0 Å². The summed E-state index contributed by atoms with van der Waals surface area (Å²) in [5.41, 5.74) is 6.17. The third-order valence-electron chi connectivity index (χ3n) is 9.16. The Labute approximate surface area is 264 Å². The standard InChI is InChI=1S/C40H52F2O2/c1-9-14-28(10-2)17-18-29(11-3)37(43)32-23-24-34(31-21-19-30(20-22-31)33-16-13-12-15-27(33)4)35(25-32)36(26-39(5,6)7)38(44)40(8,41)42/h9-16,23-25,30-31,36H,17-22,26H2,1-8H3/b14-9?,28-10?,29-11+. The topological polar surface area (TPSA) is 34.1 Å². The highest BCUT2D eigenvalue weighted by Gasteiger charge is 2.42. The summed E-state index contributed by atoms with van der Waals surface area (Å²) in [5, 5.41) is 0. The maximum atomic E-state index is 14.8. The zero-order valence-corrected chi connectivity index (χ0v) is 28.1. The normalized spacial score (nSPS) is 19.3. The van der Waals surface area contributed by atoms with E-state index in [9.17, 15) is 18.4 Å². The fourth-order valence-electron chi connectivity index (χ4n) is 6.80. The van der Waals surface area contributed by atoms with Crippen LogP contribution in [0.4, 0.5) is 8.78 Å². The van der Waals surface area contributed by atoms with Crippen LogP contribution in [0.1, 0.15) is 144 Å². The van der Waals surface area contributed by atoms with Gasteiger partial charge in [-0.3, -0.25) is 9.59 Å². The lowest BCUT2D eigenvalue weighted by atomic mass is 9.70. The number of carbonyl (C=O) groups excluding carboxylic acids is 2. The summed E-state index contributed by atoms with van der Waals surface area (Å²) >= 11 is 0. The summed E-state index contributed by atoms with van der Waals surface area (Å²) in [4.78, 5) is 27.3. The zero-order valence-electron chi connectivity index (χ0n) is 28.1. The molecule has 1 unspecified atom stereocenters. The van der Waals surface area contributed by atoms with E-state index in [2.05, 4.69) is 31.2 Å². The molecule has 1 atom stereocenters. The summed E-state index contributed by atoms with van der Waals surface area (Å²) in [6.45, 7) is 14.6. The van der Waals surface area contributed by atoms with Gasteiger partial charge in [-0.1, -0.05) is 87.0 Å². The van der Waals surface area contributed by atoms with Gasteiger partial charge in [0.2, 0.25) is 5.78 Å². The van der Waals surface area contributed by atoms with Crippen molar-refractivity contribution in [3.8, 4) is 0 Å². The molecule has 2 aromatic carbocycles. The number of allylic oxidation sites excluding steroid dienone is 6. The Balaban J connectivity index is 2.04. The molecule has 0 spiro atoms. The van der Waals surface area contributed by atoms with E-state index in [0.29, 0.717) is 36.0 Å². The van der Waals surface area contributed by atoms with Crippen LogP contribution in [0.2, 0.25) is 0 Å². The Bertz CT molecular complexity index is 1390. The predicted molar refractivity (Wildman–Crippen MR) is 180 cm³/mol. The molecular formula is C40H52F2O2. The first-order valence-corrected chi connectivity index (χ1v) is 16.3. The highest BCUT2D eigenvalue weighted by molar-refractivity contribution is 6.09. The van der Waals surface area contributed by atoms with Gasteiger partial charge < -0.3 is 0 Å². The average molecular weight is 603 g/mol. The average Bonchev–Trinajstić information content (AvgIpc) is 2.98. The number of hydrogen-bond acceptors (Lipinski definition) is 2. The molecule has 0 saturated heterocycles. The molecule has 0 bridgehead atoms. The van der Waals surface area contributed by atoms with Crippen molar-refractivity contribution < 1.29 is 18.4 Å². The van der Waals surface area contributed by atoms with Crippen LogP contribution < -0.4 is 0 Å². The van der Waals surface area contributed by atoms with Crippen molar-refractivity contribution in [2.45, 2.75) is 124 Å². The number of aryl methyl sites for hydroxylation is 1. The second-order valence-corrected chi connectivity index (χ2v) is 13.8. The molecule has 0 N–H and O–H groups in total. The first kappa shape index (κ1) is 35.3. The molecule has 0 aromatic heterocycles. The molecule has 0 radical (unpaired) electrons. The van der Waals surface area contributed by atoms with Crippen LogP contribution >= 0.6 is 0 Å². The lowest BCUT2D eigenvalue weighted by Crippen LogP contribution is -2.33. The molecule has 1 aliphatic carbocycles. The van der Waals surface area contributed by atoms with Crippen molar-refractivity contribution in [2.24, 2.45) is 5.41 Å². The van der Waals surface area contributed by atoms with Crippen molar-refractivity contribution in [1.29, 1.82) is 0 Å². The van der Waals surface area contributed by atoms with Crippen molar-refractivity contribution in [3.05, 3.63) is 106 Å². The number of Topliss-reactive ketones (excluding diaryl/α,β-unsaturated/α-hetero) is 2. The van der Waals surface area contributed by atoms with Crippen LogP contribution in [-0.4, -0.2) is 17.5 Å². The highest BCUT2D eigenvalue weighted by atomic mass is 19.3. The van der Waals surface area contributed by atoms with E-state index in [1.165, 1.54) is 11.1 Å². The van der Waals surface area contributed by atoms with E-state index in [4.69, 9.17) is 0 Å². The summed E-state index contributed by atoms with van der Waals surface area (Å²) < 4.78 is 29.5. The van der Waals surface area contributed by atoms with Gasteiger partial charge in [0, 0.05) is 18.4 Å². The van der Waals surface area contributed by atoms with Crippen molar-refractivity contribution in [1.82, 2.24) is 0 Å². The largest absolute Gasteiger partial charge is 0.303 e. The number of rotatable bonds is 12. The first-order valence-electron chi connectivity index (χ1n) is 16.3. The van der Waals surface area contributed by atoms with Crippen LogP contribution in [0.3, 0.4) is 0 Å². The quantitative estimate of drug-likeness (QED) is 0.138. The number of carbonyl (C=O) groups is 2. The number of ketones is 2. The Kier molecular flexibility index (Phi) is 12.2. The van der Waals surface area contributed by atoms with E-state index in [-0.39, 0.29) is 23.5 Å². The van der Waals surface area contributed by atoms with Crippen molar-refractivity contribution in [2.75, 3.05) is 0 Å². The van der Waals surface area contributed by atoms with Crippen LogP contribution in [-0.2, 0) is 4.79 Å². The second kappa shape index (κ2) is 15.2.